The van der Waals surface area contributed by atoms with Gasteiger partial charge >= 0.3 is 0 Å². The third-order valence-corrected chi connectivity index (χ3v) is 8.43. The maximum Gasteiger partial charge on any atom is 0.272 e. The average molecular weight is 569 g/mol. The molecule has 6 heterocycles. The van der Waals surface area contributed by atoms with E-state index < -0.39 is 11.6 Å². The van der Waals surface area contributed by atoms with Gasteiger partial charge in [-0.05, 0) is 56.9 Å². The van der Waals surface area contributed by atoms with E-state index >= 15 is 0 Å². The topological polar surface area (TPSA) is 135 Å². The highest BCUT2D eigenvalue weighted by Crippen LogP contribution is 2.45. The predicted octanol–water partition coefficient (Wildman–Crippen LogP) is 4.80. The summed E-state index contributed by atoms with van der Waals surface area (Å²) in [6.45, 7) is 1.47. The standard InChI is InChI=1S/C30H26F2N8O2/c1-15(41)26-27(17-10-19-4-5-20(11-17)39(19)30(42)25-8-9-35-38-25)37-29-22(14-36-40(29)28(26)33)16-2-7-24(34-13-16)21-6-3-18(31)12-23(21)32/h2-3,6-9,12-14,17,19-20H,4-5,10-11,33H2,1H3,(H,35,38)/t17?,19-,20+. The minimum Gasteiger partial charge on any atom is -0.383 e. The van der Waals surface area contributed by atoms with Crippen molar-refractivity contribution in [2.45, 2.75) is 50.6 Å². The Hall–Kier alpha value is -5.00. The molecule has 2 fully saturated rings. The number of ketones is 1. The fraction of sp³-hybridized carbons (Fsp3) is 0.267. The zero-order valence-corrected chi connectivity index (χ0v) is 22.6. The lowest BCUT2D eigenvalue weighted by Crippen LogP contribution is -2.46. The van der Waals surface area contributed by atoms with Crippen molar-refractivity contribution in [2.24, 2.45) is 0 Å². The number of benzene rings is 1. The molecule has 2 saturated heterocycles. The normalized spacial score (nSPS) is 19.9. The number of fused-ring (bicyclic) bond motifs is 3. The molecule has 7 rings (SSSR count). The Morgan fingerprint density at radius 2 is 1.81 bits per heavy atom. The number of carbonyl (C=O) groups excluding carboxylic acids is 2. The molecule has 2 aliphatic heterocycles. The summed E-state index contributed by atoms with van der Waals surface area (Å²) in [6, 6.07) is 8.46. The molecule has 2 bridgehead atoms. The van der Waals surface area contributed by atoms with Crippen molar-refractivity contribution in [1.82, 2.24) is 34.7 Å². The maximum absolute atomic E-state index is 14.3. The summed E-state index contributed by atoms with van der Waals surface area (Å²) in [7, 11) is 0. The van der Waals surface area contributed by atoms with Gasteiger partial charge in [0.2, 0.25) is 0 Å². The number of nitrogens with zero attached hydrogens (tertiary/aromatic N) is 6. The highest BCUT2D eigenvalue weighted by atomic mass is 19.1. The van der Waals surface area contributed by atoms with E-state index in [4.69, 9.17) is 10.7 Å². The van der Waals surface area contributed by atoms with Crippen molar-refractivity contribution < 1.29 is 18.4 Å². The van der Waals surface area contributed by atoms with Crippen LogP contribution in [0.2, 0.25) is 0 Å². The summed E-state index contributed by atoms with van der Waals surface area (Å²) < 4.78 is 29.1. The molecule has 1 aromatic carbocycles. The smallest absolute Gasteiger partial charge is 0.272 e. The van der Waals surface area contributed by atoms with Crippen molar-refractivity contribution in [3.63, 3.8) is 0 Å². The number of Topliss-reactive ketones (excluding diaryl/α,β-unsaturated/α-hetero) is 1. The van der Waals surface area contributed by atoms with E-state index in [0.717, 1.165) is 18.9 Å². The Morgan fingerprint density at radius 1 is 1.02 bits per heavy atom. The van der Waals surface area contributed by atoms with E-state index in [2.05, 4.69) is 20.3 Å². The highest BCUT2D eigenvalue weighted by molar-refractivity contribution is 6.00. The monoisotopic (exact) mass is 568 g/mol. The highest BCUT2D eigenvalue weighted by Gasteiger charge is 2.45. The Bertz CT molecular complexity index is 1840. The van der Waals surface area contributed by atoms with Crippen LogP contribution in [0.5, 0.6) is 0 Å². The predicted molar refractivity (Wildman–Crippen MR) is 150 cm³/mol. The van der Waals surface area contributed by atoms with Gasteiger partial charge in [-0.2, -0.15) is 14.7 Å². The number of rotatable bonds is 5. The Labute approximate surface area is 238 Å². The van der Waals surface area contributed by atoms with Crippen molar-refractivity contribution in [1.29, 1.82) is 0 Å². The van der Waals surface area contributed by atoms with Crippen LogP contribution in [0, 0.1) is 11.6 Å². The number of nitrogens with two attached hydrogens (primary N) is 1. The van der Waals surface area contributed by atoms with Gasteiger partial charge in [-0.3, -0.25) is 19.7 Å². The molecule has 12 heteroatoms. The summed E-state index contributed by atoms with van der Waals surface area (Å²) in [6.07, 6.45) is 7.81. The van der Waals surface area contributed by atoms with Gasteiger partial charge in [0.15, 0.2) is 11.4 Å². The molecule has 0 spiro atoms. The van der Waals surface area contributed by atoms with Gasteiger partial charge in [-0.15, -0.1) is 0 Å². The molecule has 5 aromatic rings. The number of hydrogen-bond donors (Lipinski definition) is 2. The number of nitrogens with one attached hydrogen (secondary N) is 1. The Morgan fingerprint density at radius 3 is 2.45 bits per heavy atom. The molecular formula is C30H26F2N8O2. The molecule has 3 atom stereocenters. The van der Waals surface area contributed by atoms with E-state index in [1.54, 1.807) is 36.8 Å². The fourth-order valence-electron chi connectivity index (χ4n) is 6.55. The fourth-order valence-corrected chi connectivity index (χ4v) is 6.55. The van der Waals surface area contributed by atoms with Gasteiger partial charge in [0.1, 0.15) is 23.1 Å². The molecule has 3 N–H and O–H groups in total. The molecule has 0 saturated carbocycles. The van der Waals surface area contributed by atoms with Crippen molar-refractivity contribution in [3.05, 3.63) is 83.6 Å². The van der Waals surface area contributed by atoms with Crippen molar-refractivity contribution >= 4 is 23.2 Å². The summed E-state index contributed by atoms with van der Waals surface area (Å²) in [5.74, 6) is -1.51. The number of piperidine rings is 1. The number of halogens is 2. The zero-order chi connectivity index (χ0) is 29.1. The largest absolute Gasteiger partial charge is 0.383 e. The Balaban J connectivity index is 1.25. The van der Waals surface area contributed by atoms with Gasteiger partial charge in [0.25, 0.3) is 5.91 Å². The summed E-state index contributed by atoms with van der Waals surface area (Å²) in [5, 5.41) is 11.1. The molecule has 0 aliphatic carbocycles. The molecule has 212 valence electrons. The molecule has 1 unspecified atom stereocenters. The second-order valence-corrected chi connectivity index (χ2v) is 10.9. The molecule has 42 heavy (non-hydrogen) atoms. The van der Waals surface area contributed by atoms with E-state index in [-0.39, 0.29) is 41.1 Å². The van der Waals surface area contributed by atoms with Gasteiger partial charge < -0.3 is 10.6 Å². The second kappa shape index (κ2) is 9.82. The van der Waals surface area contributed by atoms with Gasteiger partial charge in [-0.1, -0.05) is 6.07 Å². The number of aromatic nitrogens is 6. The molecular weight excluding hydrogens is 542 g/mol. The molecule has 1 amide bonds. The molecule has 4 aromatic heterocycles. The molecule has 2 aliphatic rings. The van der Waals surface area contributed by atoms with Crippen molar-refractivity contribution in [3.8, 4) is 22.4 Å². The van der Waals surface area contributed by atoms with Gasteiger partial charge in [0, 0.05) is 53.2 Å². The summed E-state index contributed by atoms with van der Waals surface area (Å²) in [5.41, 5.74) is 10.3. The third kappa shape index (κ3) is 4.13. The van der Waals surface area contributed by atoms with Crippen LogP contribution in [-0.4, -0.2) is 58.5 Å². The van der Waals surface area contributed by atoms with E-state index in [1.807, 2.05) is 4.90 Å². The molecule has 10 nitrogen and oxygen atoms in total. The van der Waals surface area contributed by atoms with Crippen LogP contribution < -0.4 is 5.73 Å². The van der Waals surface area contributed by atoms with Crippen LogP contribution in [0.15, 0.2) is 55.0 Å². The number of hydrogen-bond acceptors (Lipinski definition) is 7. The van der Waals surface area contributed by atoms with E-state index in [1.165, 1.54) is 23.6 Å². The number of amides is 1. The lowest BCUT2D eigenvalue weighted by Gasteiger charge is -2.39. The minimum atomic E-state index is -0.701. The molecule has 0 radical (unpaired) electrons. The quantitative estimate of drug-likeness (QED) is 0.291. The maximum atomic E-state index is 14.3. The van der Waals surface area contributed by atoms with E-state index in [9.17, 15) is 18.4 Å². The summed E-state index contributed by atoms with van der Waals surface area (Å²) in [4.78, 5) is 37.4. The average Bonchev–Trinajstić information content (AvgIpc) is 3.71. The van der Waals surface area contributed by atoms with Crippen molar-refractivity contribution in [2.75, 3.05) is 5.73 Å². The van der Waals surface area contributed by atoms with Crippen LogP contribution in [0.25, 0.3) is 28.0 Å². The number of H-pyrrole nitrogens is 1. The number of anilines is 1. The number of nitrogen functional groups attached to an aromatic ring is 1. The van der Waals surface area contributed by atoms with Crippen LogP contribution in [0.4, 0.5) is 14.6 Å². The number of aromatic amines is 1. The number of pyridine rings is 1. The van der Waals surface area contributed by atoms with Gasteiger partial charge in [0.05, 0.1) is 23.1 Å². The Kier molecular flexibility index (Phi) is 6.07. The first-order valence-corrected chi connectivity index (χ1v) is 13.7. The van der Waals surface area contributed by atoms with Crippen LogP contribution in [-0.2, 0) is 0 Å². The SMILES string of the molecule is CC(=O)c1c(C2C[C@H]3CC[C@@H](C2)N3C(=O)c2ccn[nH]2)nc2c(-c3ccc(-c4ccc(F)cc4F)nc3)cnn2c1N. The first-order chi connectivity index (χ1) is 20.3. The van der Waals surface area contributed by atoms with Crippen LogP contribution >= 0.6 is 0 Å². The second-order valence-electron chi connectivity index (χ2n) is 10.9. The lowest BCUT2D eigenvalue weighted by atomic mass is 9.85. The first kappa shape index (κ1) is 25.9. The van der Waals surface area contributed by atoms with Crippen LogP contribution in [0.1, 0.15) is 65.1 Å². The zero-order valence-electron chi connectivity index (χ0n) is 22.6. The first-order valence-electron chi connectivity index (χ1n) is 13.7. The number of carbonyl (C=O) groups is 2. The lowest BCUT2D eigenvalue weighted by molar-refractivity contribution is 0.0562. The summed E-state index contributed by atoms with van der Waals surface area (Å²) >= 11 is 0. The minimum absolute atomic E-state index is 0.0107. The van der Waals surface area contributed by atoms with Gasteiger partial charge in [-0.25, -0.2) is 13.8 Å². The van der Waals surface area contributed by atoms with E-state index in [0.29, 0.717) is 52.3 Å². The third-order valence-electron chi connectivity index (χ3n) is 8.43. The van der Waals surface area contributed by atoms with Crippen LogP contribution in [0.3, 0.4) is 0 Å².